The number of Topliss-reactive ketones (excluding diaryl/α,β-unsaturated/α-hetero) is 1. The standard InChI is InChI=1S/C11H20N2O2.C5H12N2/c1-9(2)7-8-12-13-11(15)6-4-5-10(3)14;1-5(2)3-4-7-6/h8-9H,4-7H2,1-3H3,(H,13,15);4-5H,3,6H2,1-2H3/b12-8+;7-4+. The van der Waals surface area contributed by atoms with Crippen LogP contribution in [0.1, 0.15) is 66.7 Å². The first-order valence-electron chi connectivity index (χ1n) is 7.81. The van der Waals surface area contributed by atoms with Gasteiger partial charge in [-0.3, -0.25) is 4.79 Å². The van der Waals surface area contributed by atoms with Gasteiger partial charge in [-0.1, -0.05) is 27.7 Å². The van der Waals surface area contributed by atoms with Crippen molar-refractivity contribution in [3.8, 4) is 0 Å². The lowest BCUT2D eigenvalue weighted by atomic mass is 10.2. The van der Waals surface area contributed by atoms with Gasteiger partial charge in [0, 0.05) is 25.3 Å². The van der Waals surface area contributed by atoms with E-state index in [-0.39, 0.29) is 11.7 Å². The Morgan fingerprint density at radius 2 is 1.59 bits per heavy atom. The van der Waals surface area contributed by atoms with Crippen LogP contribution in [-0.4, -0.2) is 24.1 Å². The van der Waals surface area contributed by atoms with E-state index in [0.717, 1.165) is 12.8 Å². The Bertz CT molecular complexity index is 350. The monoisotopic (exact) mass is 312 g/mol. The fourth-order valence-corrected chi connectivity index (χ4v) is 1.21. The molecular weight excluding hydrogens is 280 g/mol. The molecule has 6 heteroatoms. The normalized spacial score (nSPS) is 11.0. The molecule has 0 rings (SSSR count). The summed E-state index contributed by atoms with van der Waals surface area (Å²) in [6.45, 7) is 9.95. The summed E-state index contributed by atoms with van der Waals surface area (Å²) in [7, 11) is 0. The Hall–Kier alpha value is -1.72. The Morgan fingerprint density at radius 1 is 1.05 bits per heavy atom. The highest BCUT2D eigenvalue weighted by Gasteiger charge is 2.00. The molecule has 1 amide bonds. The van der Waals surface area contributed by atoms with Crippen LogP contribution < -0.4 is 11.3 Å². The number of nitrogens with two attached hydrogens (primary N) is 1. The molecule has 0 saturated heterocycles. The predicted octanol–water partition coefficient (Wildman–Crippen LogP) is 2.87. The summed E-state index contributed by atoms with van der Waals surface area (Å²) in [5.41, 5.74) is 2.43. The highest BCUT2D eigenvalue weighted by Crippen LogP contribution is 1.97. The fourth-order valence-electron chi connectivity index (χ4n) is 1.21. The molecule has 0 unspecified atom stereocenters. The first-order valence-corrected chi connectivity index (χ1v) is 7.81. The maximum atomic E-state index is 11.1. The SMILES string of the molecule is CC(=O)CCCC(=O)N/N=C/CC(C)C.CC(C)C/C=N/N. The number of carbonyl (C=O) groups excluding carboxylic acids is 2. The zero-order valence-electron chi connectivity index (χ0n) is 14.6. The molecule has 6 nitrogen and oxygen atoms in total. The van der Waals surface area contributed by atoms with Crippen LogP contribution in [0.4, 0.5) is 0 Å². The van der Waals surface area contributed by atoms with E-state index in [1.54, 1.807) is 12.4 Å². The first kappa shape index (κ1) is 22.6. The van der Waals surface area contributed by atoms with Gasteiger partial charge in [0.05, 0.1) is 0 Å². The second-order valence-electron chi connectivity index (χ2n) is 5.99. The second kappa shape index (κ2) is 15.7. The quantitative estimate of drug-likeness (QED) is 0.389. The van der Waals surface area contributed by atoms with E-state index >= 15 is 0 Å². The zero-order chi connectivity index (χ0) is 17.4. The lowest BCUT2D eigenvalue weighted by Gasteiger charge is -1.99. The summed E-state index contributed by atoms with van der Waals surface area (Å²) >= 11 is 0. The minimum absolute atomic E-state index is 0.117. The van der Waals surface area contributed by atoms with Crippen LogP contribution in [0.15, 0.2) is 10.2 Å². The molecule has 0 heterocycles. The zero-order valence-corrected chi connectivity index (χ0v) is 14.6. The van der Waals surface area contributed by atoms with E-state index in [1.807, 2.05) is 0 Å². The van der Waals surface area contributed by atoms with Gasteiger partial charge in [0.25, 0.3) is 0 Å². The molecule has 0 aromatic rings. The number of rotatable bonds is 9. The smallest absolute Gasteiger partial charge is 0.240 e. The van der Waals surface area contributed by atoms with E-state index in [4.69, 9.17) is 5.84 Å². The number of hydrazone groups is 2. The van der Waals surface area contributed by atoms with Gasteiger partial charge in [-0.05, 0) is 38.0 Å². The van der Waals surface area contributed by atoms with Gasteiger partial charge in [-0.15, -0.1) is 0 Å². The number of hydrogen-bond acceptors (Lipinski definition) is 5. The molecule has 0 aromatic carbocycles. The van der Waals surface area contributed by atoms with Gasteiger partial charge in [-0.2, -0.15) is 10.2 Å². The third kappa shape index (κ3) is 23.4. The lowest BCUT2D eigenvalue weighted by Crippen LogP contribution is -2.17. The maximum absolute atomic E-state index is 11.1. The topological polar surface area (TPSA) is 96.9 Å². The van der Waals surface area contributed by atoms with E-state index < -0.39 is 0 Å². The van der Waals surface area contributed by atoms with Crippen molar-refractivity contribution >= 4 is 24.1 Å². The van der Waals surface area contributed by atoms with Crippen molar-refractivity contribution in [2.75, 3.05) is 0 Å². The van der Waals surface area contributed by atoms with Crippen molar-refractivity contribution in [3.63, 3.8) is 0 Å². The van der Waals surface area contributed by atoms with E-state index in [1.165, 1.54) is 6.92 Å². The molecular formula is C16H32N4O2. The molecule has 0 atom stereocenters. The summed E-state index contributed by atoms with van der Waals surface area (Å²) in [4.78, 5) is 21.7. The molecule has 0 radical (unpaired) electrons. The van der Waals surface area contributed by atoms with Gasteiger partial charge in [0.2, 0.25) is 5.91 Å². The Labute approximate surface area is 134 Å². The van der Waals surface area contributed by atoms with Crippen LogP contribution in [0.5, 0.6) is 0 Å². The minimum atomic E-state index is -0.128. The Morgan fingerprint density at radius 3 is 2.00 bits per heavy atom. The number of hydrogen-bond donors (Lipinski definition) is 2. The maximum Gasteiger partial charge on any atom is 0.240 e. The van der Waals surface area contributed by atoms with Crippen LogP contribution in [0.2, 0.25) is 0 Å². The first-order chi connectivity index (χ1) is 10.3. The van der Waals surface area contributed by atoms with Gasteiger partial charge in [-0.25, -0.2) is 5.43 Å². The molecule has 0 spiro atoms. The average molecular weight is 312 g/mol. The van der Waals surface area contributed by atoms with E-state index in [9.17, 15) is 9.59 Å². The Balaban J connectivity index is 0. The third-order valence-electron chi connectivity index (χ3n) is 2.47. The molecule has 3 N–H and O–H groups in total. The van der Waals surface area contributed by atoms with Gasteiger partial charge >= 0.3 is 0 Å². The van der Waals surface area contributed by atoms with Crippen molar-refractivity contribution < 1.29 is 9.59 Å². The minimum Gasteiger partial charge on any atom is -0.324 e. The Kier molecular flexibility index (Phi) is 16.1. The molecule has 0 bridgehead atoms. The molecule has 0 aliphatic heterocycles. The highest BCUT2D eigenvalue weighted by molar-refractivity contribution is 5.79. The molecule has 128 valence electrons. The third-order valence-corrected chi connectivity index (χ3v) is 2.47. The molecule has 22 heavy (non-hydrogen) atoms. The molecule has 0 aliphatic rings. The largest absolute Gasteiger partial charge is 0.324 e. The lowest BCUT2D eigenvalue weighted by molar-refractivity contribution is -0.121. The molecule has 0 aliphatic carbocycles. The summed E-state index contributed by atoms with van der Waals surface area (Å²) in [5, 5.41) is 7.15. The fraction of sp³-hybridized carbons (Fsp3) is 0.750. The summed E-state index contributed by atoms with van der Waals surface area (Å²) < 4.78 is 0. The molecule has 0 saturated carbocycles. The van der Waals surface area contributed by atoms with Crippen LogP contribution in [0.25, 0.3) is 0 Å². The highest BCUT2D eigenvalue weighted by atomic mass is 16.2. The number of nitrogens with zero attached hydrogens (tertiary/aromatic N) is 2. The number of amides is 1. The van der Waals surface area contributed by atoms with E-state index in [0.29, 0.717) is 31.1 Å². The number of carbonyl (C=O) groups is 2. The van der Waals surface area contributed by atoms with E-state index in [2.05, 4.69) is 43.3 Å². The number of nitrogens with one attached hydrogen (secondary N) is 1. The second-order valence-corrected chi connectivity index (χ2v) is 5.99. The molecule has 0 aromatic heterocycles. The van der Waals surface area contributed by atoms with Crippen molar-refractivity contribution in [2.45, 2.75) is 66.7 Å². The van der Waals surface area contributed by atoms with Gasteiger partial charge < -0.3 is 10.6 Å². The van der Waals surface area contributed by atoms with Crippen LogP contribution in [-0.2, 0) is 9.59 Å². The van der Waals surface area contributed by atoms with Gasteiger partial charge in [0.1, 0.15) is 5.78 Å². The van der Waals surface area contributed by atoms with Crippen molar-refractivity contribution in [1.82, 2.24) is 5.43 Å². The van der Waals surface area contributed by atoms with Crippen molar-refractivity contribution in [2.24, 2.45) is 27.9 Å². The van der Waals surface area contributed by atoms with Crippen molar-refractivity contribution in [3.05, 3.63) is 0 Å². The van der Waals surface area contributed by atoms with Crippen LogP contribution in [0, 0.1) is 11.8 Å². The average Bonchev–Trinajstić information content (AvgIpc) is 2.41. The predicted molar refractivity (Wildman–Crippen MR) is 92.8 cm³/mol. The van der Waals surface area contributed by atoms with Crippen LogP contribution in [0.3, 0.4) is 0 Å². The summed E-state index contributed by atoms with van der Waals surface area (Å²) in [6, 6.07) is 0. The number of ketones is 1. The molecule has 0 fully saturated rings. The van der Waals surface area contributed by atoms with Crippen LogP contribution >= 0.6 is 0 Å². The summed E-state index contributed by atoms with van der Waals surface area (Å²) in [6.07, 6.45) is 6.69. The summed E-state index contributed by atoms with van der Waals surface area (Å²) in [5.74, 6) is 6.05. The van der Waals surface area contributed by atoms with Crippen molar-refractivity contribution in [1.29, 1.82) is 0 Å². The van der Waals surface area contributed by atoms with Gasteiger partial charge in [0.15, 0.2) is 0 Å².